The van der Waals surface area contributed by atoms with Gasteiger partial charge in [0.1, 0.15) is 28.7 Å². The van der Waals surface area contributed by atoms with E-state index in [0.717, 1.165) is 15.9 Å². The number of benzene rings is 1. The molecule has 0 aliphatic heterocycles. The van der Waals surface area contributed by atoms with E-state index in [-0.39, 0.29) is 35.7 Å². The molecule has 0 bridgehead atoms. The molecule has 1 amide bonds. The molecule has 2 heterocycles. The second-order valence-corrected chi connectivity index (χ2v) is 7.07. The first-order chi connectivity index (χ1) is 13.9. The molecular weight excluding hydrogens is 401 g/mol. The third-order valence-corrected chi connectivity index (χ3v) is 5.27. The van der Waals surface area contributed by atoms with Gasteiger partial charge in [-0.1, -0.05) is 12.1 Å². The van der Waals surface area contributed by atoms with Gasteiger partial charge in [0, 0.05) is 7.11 Å². The van der Waals surface area contributed by atoms with Crippen LogP contribution in [-0.2, 0) is 20.8 Å². The highest BCUT2D eigenvalue weighted by Gasteiger charge is 2.21. The van der Waals surface area contributed by atoms with Crippen LogP contribution in [0.2, 0.25) is 0 Å². The molecule has 0 saturated carbocycles. The SMILES string of the molecule is COCCOC(=O)c1sc2ncn(CC(=O)Nc3ccccc3F)c(=O)c2c1C. The molecule has 0 fully saturated rings. The van der Waals surface area contributed by atoms with Gasteiger partial charge in [0.05, 0.1) is 24.0 Å². The van der Waals surface area contributed by atoms with Crippen LogP contribution >= 0.6 is 11.3 Å². The second kappa shape index (κ2) is 8.93. The van der Waals surface area contributed by atoms with Crippen LogP contribution in [0.1, 0.15) is 15.2 Å². The van der Waals surface area contributed by atoms with Crippen LogP contribution in [0.4, 0.5) is 10.1 Å². The Balaban J connectivity index is 1.83. The number of halogens is 1. The van der Waals surface area contributed by atoms with Crippen LogP contribution in [0.5, 0.6) is 0 Å². The van der Waals surface area contributed by atoms with Gasteiger partial charge in [-0.3, -0.25) is 14.2 Å². The smallest absolute Gasteiger partial charge is 0.348 e. The van der Waals surface area contributed by atoms with Crippen LogP contribution < -0.4 is 10.9 Å². The first kappa shape index (κ1) is 20.6. The fourth-order valence-corrected chi connectivity index (χ4v) is 3.69. The van der Waals surface area contributed by atoms with E-state index >= 15 is 0 Å². The minimum Gasteiger partial charge on any atom is -0.459 e. The number of hydrogen-bond acceptors (Lipinski definition) is 7. The molecule has 0 atom stereocenters. The lowest BCUT2D eigenvalue weighted by Gasteiger charge is -2.08. The quantitative estimate of drug-likeness (QED) is 0.466. The number of para-hydroxylation sites is 1. The van der Waals surface area contributed by atoms with Crippen LogP contribution in [0.3, 0.4) is 0 Å². The number of anilines is 1. The Labute approximate surface area is 168 Å². The van der Waals surface area contributed by atoms with Crippen LogP contribution in [0.15, 0.2) is 35.4 Å². The molecule has 0 radical (unpaired) electrons. The fourth-order valence-electron chi connectivity index (χ4n) is 2.66. The Bertz CT molecular complexity index is 1120. The monoisotopic (exact) mass is 419 g/mol. The van der Waals surface area contributed by atoms with E-state index < -0.39 is 23.3 Å². The molecule has 0 unspecified atom stereocenters. The number of nitrogens with one attached hydrogen (secondary N) is 1. The lowest BCUT2D eigenvalue weighted by molar-refractivity contribution is -0.116. The third-order valence-electron chi connectivity index (χ3n) is 4.09. The summed E-state index contributed by atoms with van der Waals surface area (Å²) in [5.41, 5.74) is -0.00968. The summed E-state index contributed by atoms with van der Waals surface area (Å²) in [7, 11) is 1.49. The number of aromatic nitrogens is 2. The van der Waals surface area contributed by atoms with Gasteiger partial charge in [-0.2, -0.15) is 0 Å². The van der Waals surface area contributed by atoms with Crippen LogP contribution in [0, 0.1) is 12.7 Å². The fraction of sp³-hybridized carbons (Fsp3) is 0.263. The number of amides is 1. The summed E-state index contributed by atoms with van der Waals surface area (Å²) in [6, 6.07) is 5.73. The van der Waals surface area contributed by atoms with E-state index in [0.29, 0.717) is 10.4 Å². The molecule has 1 N–H and O–H groups in total. The van der Waals surface area contributed by atoms with Crippen LogP contribution in [0.25, 0.3) is 10.2 Å². The lowest BCUT2D eigenvalue weighted by atomic mass is 10.2. The number of thiophene rings is 1. The Morgan fingerprint density at radius 2 is 2.03 bits per heavy atom. The number of nitrogens with zero attached hydrogens (tertiary/aromatic N) is 2. The highest BCUT2D eigenvalue weighted by Crippen LogP contribution is 2.27. The van der Waals surface area contributed by atoms with Gasteiger partial charge in [-0.25, -0.2) is 14.2 Å². The maximum absolute atomic E-state index is 13.7. The summed E-state index contributed by atoms with van der Waals surface area (Å²) in [4.78, 5) is 42.1. The Morgan fingerprint density at radius 1 is 1.28 bits per heavy atom. The van der Waals surface area contributed by atoms with Gasteiger partial charge < -0.3 is 14.8 Å². The van der Waals surface area contributed by atoms with Gasteiger partial charge in [0.2, 0.25) is 5.91 Å². The average Bonchev–Trinajstić information content (AvgIpc) is 3.03. The predicted octanol–water partition coefficient (Wildman–Crippen LogP) is 2.35. The molecule has 0 spiro atoms. The van der Waals surface area contributed by atoms with Crippen molar-refractivity contribution in [1.82, 2.24) is 9.55 Å². The Morgan fingerprint density at radius 3 is 2.76 bits per heavy atom. The number of esters is 1. The van der Waals surface area contributed by atoms with E-state index in [4.69, 9.17) is 9.47 Å². The molecule has 2 aromatic heterocycles. The minimum atomic E-state index is -0.578. The van der Waals surface area contributed by atoms with Gasteiger partial charge in [0.15, 0.2) is 0 Å². The first-order valence-electron chi connectivity index (χ1n) is 8.61. The van der Waals surface area contributed by atoms with E-state index in [9.17, 15) is 18.8 Å². The van der Waals surface area contributed by atoms with Gasteiger partial charge >= 0.3 is 5.97 Å². The summed E-state index contributed by atoms with van der Waals surface area (Å²) in [5, 5.41) is 2.66. The molecule has 1 aromatic carbocycles. The van der Waals surface area contributed by atoms with Crippen molar-refractivity contribution in [3.63, 3.8) is 0 Å². The summed E-state index contributed by atoms with van der Waals surface area (Å²) in [6.07, 6.45) is 1.22. The molecule has 0 saturated heterocycles. The van der Waals surface area contributed by atoms with Crippen molar-refractivity contribution in [3.05, 3.63) is 57.2 Å². The molecular formula is C19H18FN3O5S. The third kappa shape index (κ3) is 4.49. The summed E-state index contributed by atoms with van der Waals surface area (Å²) in [5.74, 6) is -1.72. The average molecular weight is 419 g/mol. The number of aryl methyl sites for hydroxylation is 1. The molecule has 29 heavy (non-hydrogen) atoms. The lowest BCUT2D eigenvalue weighted by Crippen LogP contribution is -2.28. The number of carbonyl (C=O) groups is 2. The molecule has 3 rings (SSSR count). The maximum atomic E-state index is 13.7. The zero-order valence-corrected chi connectivity index (χ0v) is 16.5. The van der Waals surface area contributed by atoms with Crippen LogP contribution in [-0.4, -0.2) is 41.8 Å². The predicted molar refractivity (Wildman–Crippen MR) is 106 cm³/mol. The van der Waals surface area contributed by atoms with Gasteiger partial charge in [0.25, 0.3) is 5.56 Å². The standard InChI is InChI=1S/C19H18FN3O5S/c1-11-15-17(29-16(11)19(26)28-8-7-27-2)21-10-23(18(15)25)9-14(24)22-13-6-4-3-5-12(13)20/h3-6,10H,7-9H2,1-2H3,(H,22,24). The summed E-state index contributed by atoms with van der Waals surface area (Å²) < 4.78 is 24.7. The summed E-state index contributed by atoms with van der Waals surface area (Å²) >= 11 is 1.05. The zero-order chi connectivity index (χ0) is 21.0. The number of methoxy groups -OCH3 is 1. The van der Waals surface area contributed by atoms with Crippen molar-refractivity contribution in [1.29, 1.82) is 0 Å². The van der Waals surface area contributed by atoms with Crippen molar-refractivity contribution in [2.45, 2.75) is 13.5 Å². The highest BCUT2D eigenvalue weighted by atomic mass is 32.1. The largest absolute Gasteiger partial charge is 0.459 e. The normalized spacial score (nSPS) is 10.9. The minimum absolute atomic E-state index is 0.0207. The molecule has 152 valence electrons. The van der Waals surface area contributed by atoms with Crippen molar-refractivity contribution >= 4 is 39.1 Å². The van der Waals surface area contributed by atoms with E-state index in [1.807, 2.05) is 0 Å². The molecule has 10 heteroatoms. The van der Waals surface area contributed by atoms with Crippen molar-refractivity contribution in [2.24, 2.45) is 0 Å². The number of hydrogen-bond donors (Lipinski definition) is 1. The molecule has 0 aliphatic rings. The van der Waals surface area contributed by atoms with E-state index in [2.05, 4.69) is 10.3 Å². The first-order valence-corrected chi connectivity index (χ1v) is 9.43. The molecule has 3 aromatic rings. The Kier molecular flexibility index (Phi) is 6.35. The maximum Gasteiger partial charge on any atom is 0.348 e. The molecule has 8 nitrogen and oxygen atoms in total. The van der Waals surface area contributed by atoms with E-state index in [1.165, 1.54) is 31.6 Å². The number of ether oxygens (including phenoxy) is 2. The number of rotatable bonds is 7. The molecule has 0 aliphatic carbocycles. The van der Waals surface area contributed by atoms with Crippen molar-refractivity contribution < 1.29 is 23.5 Å². The van der Waals surface area contributed by atoms with Gasteiger partial charge in [-0.05, 0) is 24.6 Å². The van der Waals surface area contributed by atoms with Crippen molar-refractivity contribution in [3.8, 4) is 0 Å². The number of carbonyl (C=O) groups excluding carboxylic acids is 2. The topological polar surface area (TPSA) is 99.5 Å². The Hall–Kier alpha value is -3.11. The highest BCUT2D eigenvalue weighted by molar-refractivity contribution is 7.20. The number of fused-ring (bicyclic) bond motifs is 1. The summed E-state index contributed by atoms with van der Waals surface area (Å²) in [6.45, 7) is 1.63. The zero-order valence-electron chi connectivity index (χ0n) is 15.7. The second-order valence-electron chi connectivity index (χ2n) is 6.07. The van der Waals surface area contributed by atoms with E-state index in [1.54, 1.807) is 13.0 Å². The van der Waals surface area contributed by atoms with Crippen molar-refractivity contribution in [2.75, 3.05) is 25.6 Å². The van der Waals surface area contributed by atoms with Gasteiger partial charge in [-0.15, -0.1) is 11.3 Å².